The lowest BCUT2D eigenvalue weighted by Crippen LogP contribution is -2.38. The molecular weight excluding hydrogens is 206 g/mol. The molecule has 1 saturated heterocycles. The van der Waals surface area contributed by atoms with Crippen molar-refractivity contribution in [2.24, 2.45) is 0 Å². The van der Waals surface area contributed by atoms with E-state index in [1.807, 2.05) is 6.07 Å². The molecule has 1 aromatic heterocycles. The minimum absolute atomic E-state index is 0.577. The van der Waals surface area contributed by atoms with Gasteiger partial charge in [-0.15, -0.1) is 0 Å². The Hall–Kier alpha value is -0.410. The second-order valence-corrected chi connectivity index (χ2v) is 5.35. The van der Waals surface area contributed by atoms with E-state index < -0.39 is 0 Å². The van der Waals surface area contributed by atoms with Crippen LogP contribution in [0.1, 0.15) is 25.5 Å². The smallest absolute Gasteiger partial charge is 0.105 e. The van der Waals surface area contributed by atoms with Crippen LogP contribution in [-0.4, -0.2) is 23.6 Å². The van der Waals surface area contributed by atoms with E-state index in [2.05, 4.69) is 30.1 Å². The van der Waals surface area contributed by atoms with Crippen LogP contribution in [0, 0.1) is 0 Å². The van der Waals surface area contributed by atoms with Gasteiger partial charge in [0.05, 0.1) is 6.26 Å². The third-order valence-corrected chi connectivity index (χ3v) is 4.40. The first-order valence-electron chi connectivity index (χ1n) is 5.77. The Morgan fingerprint density at radius 1 is 1.67 bits per heavy atom. The van der Waals surface area contributed by atoms with Crippen LogP contribution in [0.2, 0.25) is 0 Å². The normalized spacial score (nSPS) is 23.1. The fourth-order valence-electron chi connectivity index (χ4n) is 2.16. The van der Waals surface area contributed by atoms with Gasteiger partial charge in [0.25, 0.3) is 0 Å². The van der Waals surface area contributed by atoms with E-state index in [4.69, 9.17) is 4.42 Å². The Bertz CT molecular complexity index is 267. The molecule has 1 fully saturated rings. The highest BCUT2D eigenvalue weighted by Crippen LogP contribution is 2.30. The minimum atomic E-state index is 0.577. The molecule has 0 aromatic carbocycles. The molecule has 3 heteroatoms. The van der Waals surface area contributed by atoms with Crippen molar-refractivity contribution < 1.29 is 4.42 Å². The second-order valence-electron chi connectivity index (χ2n) is 4.00. The zero-order valence-corrected chi connectivity index (χ0v) is 10.1. The molecule has 0 bridgehead atoms. The highest BCUT2D eigenvalue weighted by molar-refractivity contribution is 8.00. The largest absolute Gasteiger partial charge is 0.469 e. The Labute approximate surface area is 95.8 Å². The molecule has 1 aromatic rings. The van der Waals surface area contributed by atoms with Crippen LogP contribution in [0.5, 0.6) is 0 Å². The molecule has 0 radical (unpaired) electrons. The molecule has 2 atom stereocenters. The standard InChI is InChI=1S/C12H19NOS/c1-2-13-11(12-6-4-8-15-12)9-10-5-3-7-14-10/h3,5,7,11-13H,2,4,6,8-9H2,1H3. The Kier molecular flexibility index (Phi) is 4.15. The van der Waals surface area contributed by atoms with Crippen molar-refractivity contribution in [3.05, 3.63) is 24.2 Å². The van der Waals surface area contributed by atoms with E-state index >= 15 is 0 Å². The number of thioether (sulfide) groups is 1. The van der Waals surface area contributed by atoms with Gasteiger partial charge in [-0.1, -0.05) is 6.92 Å². The number of nitrogens with one attached hydrogen (secondary N) is 1. The van der Waals surface area contributed by atoms with Gasteiger partial charge in [0.15, 0.2) is 0 Å². The maximum absolute atomic E-state index is 5.42. The number of hydrogen-bond acceptors (Lipinski definition) is 3. The zero-order valence-electron chi connectivity index (χ0n) is 9.24. The van der Waals surface area contributed by atoms with Crippen LogP contribution in [0.4, 0.5) is 0 Å². The predicted molar refractivity (Wildman–Crippen MR) is 65.4 cm³/mol. The van der Waals surface area contributed by atoms with Crippen LogP contribution >= 0.6 is 11.8 Å². The molecule has 0 saturated carbocycles. The van der Waals surface area contributed by atoms with Gasteiger partial charge >= 0.3 is 0 Å². The van der Waals surface area contributed by atoms with Crippen molar-refractivity contribution in [3.8, 4) is 0 Å². The summed E-state index contributed by atoms with van der Waals surface area (Å²) >= 11 is 2.11. The van der Waals surface area contributed by atoms with Crippen LogP contribution in [0.25, 0.3) is 0 Å². The van der Waals surface area contributed by atoms with Gasteiger partial charge in [-0.2, -0.15) is 11.8 Å². The molecule has 0 amide bonds. The van der Waals surface area contributed by atoms with Gasteiger partial charge in [0.1, 0.15) is 5.76 Å². The lowest BCUT2D eigenvalue weighted by atomic mass is 10.0. The first kappa shape index (κ1) is 11.1. The Morgan fingerprint density at radius 2 is 2.60 bits per heavy atom. The topological polar surface area (TPSA) is 25.2 Å². The number of likely N-dealkylation sites (N-methyl/N-ethyl adjacent to an activating group) is 1. The summed E-state index contributed by atoms with van der Waals surface area (Å²) in [5.74, 6) is 2.43. The summed E-state index contributed by atoms with van der Waals surface area (Å²) < 4.78 is 5.42. The summed E-state index contributed by atoms with van der Waals surface area (Å²) in [6.07, 6.45) is 5.51. The average Bonchev–Trinajstić information content (AvgIpc) is 2.89. The van der Waals surface area contributed by atoms with Gasteiger partial charge in [0, 0.05) is 17.7 Å². The summed E-state index contributed by atoms with van der Waals surface area (Å²) in [7, 11) is 0. The molecule has 2 unspecified atom stereocenters. The molecule has 2 rings (SSSR count). The summed E-state index contributed by atoms with van der Waals surface area (Å²) in [5, 5.41) is 4.36. The van der Waals surface area contributed by atoms with E-state index in [0.29, 0.717) is 6.04 Å². The molecule has 0 spiro atoms. The highest BCUT2D eigenvalue weighted by atomic mass is 32.2. The molecule has 84 valence electrons. The summed E-state index contributed by atoms with van der Waals surface area (Å²) in [6.45, 7) is 3.22. The molecule has 2 heterocycles. The summed E-state index contributed by atoms with van der Waals surface area (Å²) in [6, 6.07) is 4.62. The zero-order chi connectivity index (χ0) is 10.5. The van der Waals surface area contributed by atoms with E-state index in [1.165, 1.54) is 18.6 Å². The average molecular weight is 225 g/mol. The Morgan fingerprint density at radius 3 is 3.20 bits per heavy atom. The number of rotatable bonds is 5. The van der Waals surface area contributed by atoms with E-state index in [-0.39, 0.29) is 0 Å². The Balaban J connectivity index is 1.93. The van der Waals surface area contributed by atoms with Gasteiger partial charge < -0.3 is 9.73 Å². The molecule has 1 aliphatic rings. The predicted octanol–water partition coefficient (Wildman–Crippen LogP) is 2.70. The van der Waals surface area contributed by atoms with Crippen LogP contribution in [-0.2, 0) is 6.42 Å². The lowest BCUT2D eigenvalue weighted by Gasteiger charge is -2.22. The fraction of sp³-hybridized carbons (Fsp3) is 0.667. The second kappa shape index (κ2) is 5.61. The van der Waals surface area contributed by atoms with Crippen molar-refractivity contribution >= 4 is 11.8 Å². The maximum Gasteiger partial charge on any atom is 0.105 e. The maximum atomic E-state index is 5.42. The SMILES string of the molecule is CCNC(Cc1ccco1)C1CCCS1. The van der Waals surface area contributed by atoms with Gasteiger partial charge in [-0.05, 0) is 37.3 Å². The van der Waals surface area contributed by atoms with E-state index in [9.17, 15) is 0 Å². The van der Waals surface area contributed by atoms with Crippen molar-refractivity contribution in [3.63, 3.8) is 0 Å². The van der Waals surface area contributed by atoms with Crippen molar-refractivity contribution in [1.29, 1.82) is 0 Å². The van der Waals surface area contributed by atoms with E-state index in [1.54, 1.807) is 6.26 Å². The van der Waals surface area contributed by atoms with Crippen LogP contribution in [0.3, 0.4) is 0 Å². The minimum Gasteiger partial charge on any atom is -0.469 e. The van der Waals surface area contributed by atoms with Gasteiger partial charge in [-0.25, -0.2) is 0 Å². The fourth-order valence-corrected chi connectivity index (χ4v) is 3.56. The quantitative estimate of drug-likeness (QED) is 0.834. The third kappa shape index (κ3) is 3.02. The first-order chi connectivity index (χ1) is 7.40. The molecule has 15 heavy (non-hydrogen) atoms. The first-order valence-corrected chi connectivity index (χ1v) is 6.82. The molecule has 0 aliphatic carbocycles. The number of furan rings is 1. The van der Waals surface area contributed by atoms with Crippen molar-refractivity contribution in [2.75, 3.05) is 12.3 Å². The van der Waals surface area contributed by atoms with Crippen LogP contribution < -0.4 is 5.32 Å². The number of hydrogen-bond donors (Lipinski definition) is 1. The van der Waals surface area contributed by atoms with Gasteiger partial charge in [0.2, 0.25) is 0 Å². The molecule has 1 aliphatic heterocycles. The van der Waals surface area contributed by atoms with Crippen molar-refractivity contribution in [2.45, 2.75) is 37.5 Å². The lowest BCUT2D eigenvalue weighted by molar-refractivity contribution is 0.433. The van der Waals surface area contributed by atoms with Crippen LogP contribution in [0.15, 0.2) is 22.8 Å². The molecular formula is C12H19NOS. The van der Waals surface area contributed by atoms with E-state index in [0.717, 1.165) is 24.0 Å². The summed E-state index contributed by atoms with van der Waals surface area (Å²) in [4.78, 5) is 0. The highest BCUT2D eigenvalue weighted by Gasteiger charge is 2.25. The molecule has 1 N–H and O–H groups in total. The van der Waals surface area contributed by atoms with Gasteiger partial charge in [-0.3, -0.25) is 0 Å². The monoisotopic (exact) mass is 225 g/mol. The molecule has 2 nitrogen and oxygen atoms in total. The summed E-state index contributed by atoms with van der Waals surface area (Å²) in [5.41, 5.74) is 0. The van der Waals surface area contributed by atoms with Crippen molar-refractivity contribution in [1.82, 2.24) is 5.32 Å². The third-order valence-electron chi connectivity index (χ3n) is 2.88.